The zero-order valence-corrected chi connectivity index (χ0v) is 16.0. The first-order valence-corrected chi connectivity index (χ1v) is 10.1. The van der Waals surface area contributed by atoms with Crippen molar-refractivity contribution < 1.29 is 9.59 Å². The van der Waals surface area contributed by atoms with Crippen LogP contribution < -0.4 is 5.32 Å². The summed E-state index contributed by atoms with van der Waals surface area (Å²) in [5.41, 5.74) is 2.68. The molecule has 27 heavy (non-hydrogen) atoms. The first-order valence-electron chi connectivity index (χ1n) is 9.22. The average Bonchev–Trinajstić information content (AvgIpc) is 3.24. The molecule has 0 saturated carbocycles. The Bertz CT molecular complexity index is 931. The van der Waals surface area contributed by atoms with Crippen molar-refractivity contribution in [1.82, 2.24) is 14.3 Å². The number of hydrogen-bond acceptors (Lipinski definition) is 4. The number of amides is 2. The number of benzene rings is 1. The molecule has 1 aromatic carbocycles. The number of anilines is 1. The van der Waals surface area contributed by atoms with Crippen molar-refractivity contribution in [3.05, 3.63) is 42.0 Å². The second-order valence-electron chi connectivity index (χ2n) is 6.94. The van der Waals surface area contributed by atoms with Gasteiger partial charge in [-0.1, -0.05) is 12.1 Å². The van der Waals surface area contributed by atoms with Gasteiger partial charge in [0.2, 0.25) is 11.8 Å². The highest BCUT2D eigenvalue weighted by Gasteiger charge is 2.24. The Hall–Kier alpha value is -2.67. The lowest BCUT2D eigenvalue weighted by Gasteiger charge is -2.32. The van der Waals surface area contributed by atoms with Gasteiger partial charge in [-0.05, 0) is 31.9 Å². The summed E-state index contributed by atoms with van der Waals surface area (Å²) in [6.45, 7) is 2.69. The van der Waals surface area contributed by atoms with Gasteiger partial charge in [-0.3, -0.25) is 14.0 Å². The summed E-state index contributed by atoms with van der Waals surface area (Å²) in [6, 6.07) is 7.61. The Morgan fingerprint density at radius 3 is 2.85 bits per heavy atom. The maximum absolute atomic E-state index is 12.3. The molecule has 3 heterocycles. The Morgan fingerprint density at radius 2 is 2.11 bits per heavy atom. The van der Waals surface area contributed by atoms with E-state index < -0.39 is 0 Å². The van der Waals surface area contributed by atoms with E-state index in [-0.39, 0.29) is 17.9 Å². The van der Waals surface area contributed by atoms with Gasteiger partial charge in [-0.15, -0.1) is 11.3 Å². The lowest BCUT2D eigenvalue weighted by molar-refractivity contribution is -0.136. The number of nitrogens with one attached hydrogen (secondary N) is 1. The van der Waals surface area contributed by atoms with Crippen LogP contribution in [0.5, 0.6) is 0 Å². The summed E-state index contributed by atoms with van der Waals surface area (Å²) in [5, 5.41) is 4.93. The van der Waals surface area contributed by atoms with E-state index in [1.165, 1.54) is 0 Å². The number of nitrogens with zero attached hydrogens (tertiary/aromatic N) is 3. The molecule has 6 nitrogen and oxygen atoms in total. The van der Waals surface area contributed by atoms with Crippen LogP contribution in [0.3, 0.4) is 0 Å². The Kier molecular flexibility index (Phi) is 4.94. The molecule has 1 aliphatic rings. The summed E-state index contributed by atoms with van der Waals surface area (Å²) in [4.78, 5) is 31.7. The van der Waals surface area contributed by atoms with E-state index in [0.717, 1.165) is 41.3 Å². The molecule has 0 unspecified atom stereocenters. The van der Waals surface area contributed by atoms with Crippen LogP contribution >= 0.6 is 11.3 Å². The Morgan fingerprint density at radius 1 is 1.30 bits per heavy atom. The Labute approximate surface area is 161 Å². The van der Waals surface area contributed by atoms with E-state index in [1.807, 2.05) is 58.3 Å². The molecule has 1 aliphatic heterocycles. The van der Waals surface area contributed by atoms with Crippen molar-refractivity contribution in [3.63, 3.8) is 0 Å². The molecule has 1 N–H and O–H groups in total. The van der Waals surface area contributed by atoms with E-state index in [0.29, 0.717) is 12.8 Å². The second-order valence-corrected chi connectivity index (χ2v) is 7.81. The highest BCUT2D eigenvalue weighted by Crippen LogP contribution is 2.23. The van der Waals surface area contributed by atoms with Crippen LogP contribution in [-0.4, -0.2) is 38.7 Å². The maximum atomic E-state index is 12.3. The number of carbonyl (C=O) groups excluding carboxylic acids is 2. The van der Waals surface area contributed by atoms with Crippen molar-refractivity contribution in [2.45, 2.75) is 38.6 Å². The quantitative estimate of drug-likeness (QED) is 0.730. The highest BCUT2D eigenvalue weighted by atomic mass is 32.1. The molecule has 1 atom stereocenters. The van der Waals surface area contributed by atoms with Gasteiger partial charge in [-0.25, -0.2) is 4.98 Å². The number of imidazole rings is 1. The van der Waals surface area contributed by atoms with E-state index in [1.54, 1.807) is 11.3 Å². The highest BCUT2D eigenvalue weighted by molar-refractivity contribution is 7.15. The molecule has 0 aliphatic carbocycles. The van der Waals surface area contributed by atoms with Gasteiger partial charge in [0.1, 0.15) is 0 Å². The largest absolute Gasteiger partial charge is 0.339 e. The third-order valence-electron chi connectivity index (χ3n) is 4.93. The fourth-order valence-corrected chi connectivity index (χ4v) is 4.17. The van der Waals surface area contributed by atoms with Crippen LogP contribution in [0.25, 0.3) is 16.2 Å². The van der Waals surface area contributed by atoms with Gasteiger partial charge < -0.3 is 10.2 Å². The first-order chi connectivity index (χ1) is 13.1. The standard InChI is InChI=1S/C20H22N4O2S/c1-14(24-9-3-2-4-19(24)26)12-18(25)21-16-7-5-15(6-8-16)17-13-23-10-11-27-20(23)22-17/h5-8,10-11,13-14H,2-4,9,12H2,1H3,(H,21,25)/t14-/m0/s1. The molecule has 4 rings (SSSR count). The fourth-order valence-electron chi connectivity index (χ4n) is 3.47. The van der Waals surface area contributed by atoms with Gasteiger partial charge in [-0.2, -0.15) is 0 Å². The van der Waals surface area contributed by atoms with Gasteiger partial charge in [0.05, 0.1) is 5.69 Å². The molecule has 0 spiro atoms. The summed E-state index contributed by atoms with van der Waals surface area (Å²) in [6.07, 6.45) is 6.86. The first kappa shape index (κ1) is 17.7. The molecule has 1 saturated heterocycles. The number of aromatic nitrogens is 2. The van der Waals surface area contributed by atoms with E-state index in [4.69, 9.17) is 0 Å². The van der Waals surface area contributed by atoms with Crippen LogP contribution in [0.4, 0.5) is 5.69 Å². The monoisotopic (exact) mass is 382 g/mol. The average molecular weight is 382 g/mol. The van der Waals surface area contributed by atoms with Crippen LogP contribution in [0.1, 0.15) is 32.6 Å². The van der Waals surface area contributed by atoms with Gasteiger partial charge in [0.25, 0.3) is 0 Å². The lowest BCUT2D eigenvalue weighted by atomic mass is 10.1. The fraction of sp³-hybridized carbons (Fsp3) is 0.350. The summed E-state index contributed by atoms with van der Waals surface area (Å²) in [5.74, 6) is 0.0852. The summed E-state index contributed by atoms with van der Waals surface area (Å²) in [7, 11) is 0. The summed E-state index contributed by atoms with van der Waals surface area (Å²) >= 11 is 1.60. The normalized spacial score (nSPS) is 15.9. The maximum Gasteiger partial charge on any atom is 0.226 e. The minimum absolute atomic E-state index is 0.0730. The van der Waals surface area contributed by atoms with Crippen LogP contribution in [0.15, 0.2) is 42.0 Å². The predicted molar refractivity (Wildman–Crippen MR) is 107 cm³/mol. The molecular weight excluding hydrogens is 360 g/mol. The third kappa shape index (κ3) is 3.88. The number of hydrogen-bond donors (Lipinski definition) is 1. The molecule has 0 radical (unpaired) electrons. The van der Waals surface area contributed by atoms with Crippen molar-refractivity contribution in [3.8, 4) is 11.3 Å². The molecule has 7 heteroatoms. The van der Waals surface area contributed by atoms with Crippen molar-refractivity contribution >= 4 is 33.8 Å². The third-order valence-corrected chi connectivity index (χ3v) is 5.70. The molecule has 0 bridgehead atoms. The Balaban J connectivity index is 1.37. The minimum Gasteiger partial charge on any atom is -0.339 e. The SMILES string of the molecule is C[C@@H](CC(=O)Nc1ccc(-c2cn3ccsc3n2)cc1)N1CCCCC1=O. The zero-order chi connectivity index (χ0) is 18.8. The smallest absolute Gasteiger partial charge is 0.226 e. The summed E-state index contributed by atoms with van der Waals surface area (Å²) < 4.78 is 2.00. The number of likely N-dealkylation sites (tertiary alicyclic amines) is 1. The molecule has 140 valence electrons. The second kappa shape index (κ2) is 7.52. The zero-order valence-electron chi connectivity index (χ0n) is 15.2. The molecule has 2 amide bonds. The van der Waals surface area contributed by atoms with E-state index >= 15 is 0 Å². The number of fused-ring (bicyclic) bond motifs is 1. The van der Waals surface area contributed by atoms with Gasteiger partial charge in [0, 0.05) is 54.5 Å². The predicted octanol–water partition coefficient (Wildman–Crippen LogP) is 3.79. The van der Waals surface area contributed by atoms with Crippen LogP contribution in [0.2, 0.25) is 0 Å². The van der Waals surface area contributed by atoms with Gasteiger partial charge in [0.15, 0.2) is 4.96 Å². The van der Waals surface area contributed by atoms with Crippen molar-refractivity contribution in [1.29, 1.82) is 0 Å². The van der Waals surface area contributed by atoms with E-state index in [9.17, 15) is 9.59 Å². The van der Waals surface area contributed by atoms with Crippen LogP contribution in [0, 0.1) is 0 Å². The molecule has 2 aromatic heterocycles. The molecular formula is C20H22N4O2S. The minimum atomic E-state index is -0.0736. The van der Waals surface area contributed by atoms with Crippen molar-refractivity contribution in [2.75, 3.05) is 11.9 Å². The van der Waals surface area contributed by atoms with Crippen LogP contribution in [-0.2, 0) is 9.59 Å². The lowest BCUT2D eigenvalue weighted by Crippen LogP contribution is -2.43. The van der Waals surface area contributed by atoms with E-state index in [2.05, 4.69) is 10.3 Å². The molecule has 3 aromatic rings. The van der Waals surface area contributed by atoms with Gasteiger partial charge >= 0.3 is 0 Å². The molecule has 1 fully saturated rings. The number of thiazole rings is 1. The number of rotatable bonds is 5. The number of carbonyl (C=O) groups is 2. The topological polar surface area (TPSA) is 66.7 Å². The van der Waals surface area contributed by atoms with Crippen molar-refractivity contribution in [2.24, 2.45) is 0 Å². The number of piperidine rings is 1.